The molecule has 186 valence electrons. The zero-order chi connectivity index (χ0) is 25.2. The molecule has 6 heteroatoms. The lowest BCUT2D eigenvalue weighted by molar-refractivity contribution is 0.0695. The summed E-state index contributed by atoms with van der Waals surface area (Å²) in [7, 11) is 0. The second-order valence-electron chi connectivity index (χ2n) is 9.82. The summed E-state index contributed by atoms with van der Waals surface area (Å²) in [6, 6.07) is 14.4. The molecular formula is C30H30F2N2O2. The van der Waals surface area contributed by atoms with Crippen molar-refractivity contribution in [2.24, 2.45) is 0 Å². The Hall–Kier alpha value is -3.67. The Morgan fingerprint density at radius 3 is 2.75 bits per heavy atom. The number of benzene rings is 3. The second-order valence-corrected chi connectivity index (χ2v) is 9.82. The third-order valence-electron chi connectivity index (χ3n) is 7.25. The number of aryl methyl sites for hydroxylation is 1. The van der Waals surface area contributed by atoms with Crippen LogP contribution in [0.5, 0.6) is 0 Å². The summed E-state index contributed by atoms with van der Waals surface area (Å²) in [6.45, 7) is 3.22. The molecule has 1 fully saturated rings. The summed E-state index contributed by atoms with van der Waals surface area (Å²) in [6.07, 6.45) is 7.15. The molecule has 5 rings (SSSR count). The molecule has 1 saturated carbocycles. The highest BCUT2D eigenvalue weighted by Gasteiger charge is 2.26. The summed E-state index contributed by atoms with van der Waals surface area (Å²) in [5.41, 5.74) is 6.84. The minimum Gasteiger partial charge on any atom is -0.478 e. The highest BCUT2D eigenvalue weighted by atomic mass is 19.2. The van der Waals surface area contributed by atoms with Crippen LogP contribution in [0.4, 0.5) is 14.5 Å². The van der Waals surface area contributed by atoms with Gasteiger partial charge < -0.3 is 15.7 Å². The van der Waals surface area contributed by atoms with E-state index in [2.05, 4.69) is 22.8 Å². The Kier molecular flexibility index (Phi) is 6.77. The van der Waals surface area contributed by atoms with Gasteiger partial charge in [-0.2, -0.15) is 0 Å². The minimum absolute atomic E-state index is 0.00823. The maximum Gasteiger partial charge on any atom is 0.335 e. The van der Waals surface area contributed by atoms with Gasteiger partial charge in [-0.25, -0.2) is 13.6 Å². The van der Waals surface area contributed by atoms with Crippen LogP contribution in [0.3, 0.4) is 0 Å². The first kappa shape index (κ1) is 24.0. The van der Waals surface area contributed by atoms with Gasteiger partial charge in [-0.1, -0.05) is 24.3 Å². The van der Waals surface area contributed by atoms with Crippen molar-refractivity contribution in [1.29, 1.82) is 0 Å². The highest BCUT2D eigenvalue weighted by molar-refractivity contribution is 5.90. The molecule has 1 heterocycles. The molecule has 0 radical (unpaired) electrons. The van der Waals surface area contributed by atoms with E-state index in [-0.39, 0.29) is 5.92 Å². The van der Waals surface area contributed by atoms with E-state index >= 15 is 0 Å². The van der Waals surface area contributed by atoms with E-state index in [1.807, 2.05) is 37.4 Å². The summed E-state index contributed by atoms with van der Waals surface area (Å²) in [4.78, 5) is 11.9. The topological polar surface area (TPSA) is 61.4 Å². The number of carboxylic acid groups (broad SMARTS) is 1. The highest BCUT2D eigenvalue weighted by Crippen LogP contribution is 2.41. The fourth-order valence-electron chi connectivity index (χ4n) is 5.18. The average Bonchev–Trinajstić information content (AvgIpc) is 3.71. The van der Waals surface area contributed by atoms with Crippen LogP contribution in [0.15, 0.2) is 54.7 Å². The number of fused-ring (bicyclic) bond motifs is 1. The summed E-state index contributed by atoms with van der Waals surface area (Å²) in [5.74, 6) is -1.98. The molecule has 4 nitrogen and oxygen atoms in total. The molecule has 0 aromatic heterocycles. The van der Waals surface area contributed by atoms with Gasteiger partial charge in [-0.05, 0) is 108 Å². The molecule has 3 aromatic carbocycles. The Morgan fingerprint density at radius 1 is 1.14 bits per heavy atom. The molecule has 1 unspecified atom stereocenters. The van der Waals surface area contributed by atoms with Gasteiger partial charge in [0, 0.05) is 24.7 Å². The molecule has 1 atom stereocenters. The molecule has 0 spiro atoms. The molecular weight excluding hydrogens is 458 g/mol. The van der Waals surface area contributed by atoms with E-state index < -0.39 is 17.6 Å². The maximum absolute atomic E-state index is 14.3. The molecule has 36 heavy (non-hydrogen) atoms. The summed E-state index contributed by atoms with van der Waals surface area (Å²) < 4.78 is 28.0. The van der Waals surface area contributed by atoms with E-state index in [1.165, 1.54) is 0 Å². The van der Waals surface area contributed by atoms with Crippen molar-refractivity contribution in [3.05, 3.63) is 105 Å². The molecule has 0 amide bonds. The zero-order valence-electron chi connectivity index (χ0n) is 20.3. The SMILES string of the molecule is Cc1cc(C2CC2)cc(C(=O)O)c1CCNc1ccc2c(c1)C=CNCC2Cc1cccc(F)c1F. The second kappa shape index (κ2) is 10.1. The lowest BCUT2D eigenvalue weighted by atomic mass is 9.88. The van der Waals surface area contributed by atoms with Crippen molar-refractivity contribution in [2.45, 2.75) is 44.4 Å². The van der Waals surface area contributed by atoms with E-state index in [4.69, 9.17) is 0 Å². The first-order valence-corrected chi connectivity index (χ1v) is 12.5. The fourth-order valence-corrected chi connectivity index (χ4v) is 5.18. The van der Waals surface area contributed by atoms with Crippen LogP contribution < -0.4 is 10.6 Å². The van der Waals surface area contributed by atoms with Crippen LogP contribution in [-0.2, 0) is 12.8 Å². The van der Waals surface area contributed by atoms with Crippen molar-refractivity contribution in [3.8, 4) is 0 Å². The predicted octanol–water partition coefficient (Wildman–Crippen LogP) is 6.40. The van der Waals surface area contributed by atoms with Gasteiger partial charge in [0.2, 0.25) is 0 Å². The summed E-state index contributed by atoms with van der Waals surface area (Å²) >= 11 is 0. The monoisotopic (exact) mass is 488 g/mol. The molecule has 0 saturated heterocycles. The van der Waals surface area contributed by atoms with Crippen LogP contribution in [0, 0.1) is 18.6 Å². The number of aromatic carboxylic acids is 1. The van der Waals surface area contributed by atoms with Gasteiger partial charge in [0.1, 0.15) is 0 Å². The zero-order valence-corrected chi connectivity index (χ0v) is 20.3. The predicted molar refractivity (Wildman–Crippen MR) is 139 cm³/mol. The van der Waals surface area contributed by atoms with Crippen molar-refractivity contribution >= 4 is 17.7 Å². The molecule has 1 aliphatic carbocycles. The van der Waals surface area contributed by atoms with Gasteiger partial charge in [0.15, 0.2) is 11.6 Å². The van der Waals surface area contributed by atoms with Crippen LogP contribution in [0.2, 0.25) is 0 Å². The smallest absolute Gasteiger partial charge is 0.335 e. The van der Waals surface area contributed by atoms with Crippen molar-refractivity contribution in [2.75, 3.05) is 18.4 Å². The Morgan fingerprint density at radius 2 is 1.97 bits per heavy atom. The summed E-state index contributed by atoms with van der Waals surface area (Å²) in [5, 5.41) is 16.5. The lowest BCUT2D eigenvalue weighted by Gasteiger charge is -2.19. The van der Waals surface area contributed by atoms with Crippen molar-refractivity contribution in [1.82, 2.24) is 5.32 Å². The normalized spacial score (nSPS) is 16.7. The number of anilines is 1. The number of carboxylic acids is 1. The largest absolute Gasteiger partial charge is 0.478 e. The maximum atomic E-state index is 14.3. The Labute approximate surface area is 210 Å². The van der Waals surface area contributed by atoms with E-state index in [0.29, 0.717) is 43.0 Å². The van der Waals surface area contributed by atoms with Crippen LogP contribution in [0.1, 0.15) is 68.4 Å². The first-order valence-electron chi connectivity index (χ1n) is 12.5. The number of halogens is 2. The quantitative estimate of drug-likeness (QED) is 0.343. The van der Waals surface area contributed by atoms with E-state index in [0.717, 1.165) is 52.4 Å². The van der Waals surface area contributed by atoms with E-state index in [9.17, 15) is 18.7 Å². The van der Waals surface area contributed by atoms with E-state index in [1.54, 1.807) is 12.1 Å². The fraction of sp³-hybridized carbons (Fsp3) is 0.300. The van der Waals surface area contributed by atoms with Gasteiger partial charge in [-0.3, -0.25) is 0 Å². The number of hydrogen-bond donors (Lipinski definition) is 3. The van der Waals surface area contributed by atoms with Crippen molar-refractivity contribution < 1.29 is 18.7 Å². The van der Waals surface area contributed by atoms with Gasteiger partial charge in [0.05, 0.1) is 5.56 Å². The minimum atomic E-state index is -0.876. The molecule has 0 bridgehead atoms. The first-order chi connectivity index (χ1) is 17.4. The van der Waals surface area contributed by atoms with Crippen molar-refractivity contribution in [3.63, 3.8) is 0 Å². The number of nitrogens with one attached hydrogen (secondary N) is 2. The Bertz CT molecular complexity index is 1330. The molecule has 2 aliphatic rings. The van der Waals surface area contributed by atoms with Gasteiger partial charge >= 0.3 is 5.97 Å². The number of hydrogen-bond acceptors (Lipinski definition) is 3. The standard InChI is InChI=1S/C30H30F2N2O2/c1-18-13-22(19-5-6-19)16-27(30(35)36)25(18)10-12-34-24-7-8-26-20(15-24)9-11-33-17-23(26)14-21-3-2-4-28(31)29(21)32/h2-4,7-9,11,13,15-16,19,23,33-34H,5-6,10,12,14,17H2,1H3,(H,35,36). The Balaban J connectivity index is 1.30. The van der Waals surface area contributed by atoms with Crippen LogP contribution in [-0.4, -0.2) is 24.2 Å². The molecule has 3 aromatic rings. The van der Waals surface area contributed by atoms with Gasteiger partial charge in [0.25, 0.3) is 0 Å². The number of rotatable bonds is 8. The number of carbonyl (C=O) groups is 1. The lowest BCUT2D eigenvalue weighted by Crippen LogP contribution is -2.18. The van der Waals surface area contributed by atoms with Crippen LogP contribution >= 0.6 is 0 Å². The van der Waals surface area contributed by atoms with Gasteiger partial charge in [-0.15, -0.1) is 0 Å². The third-order valence-corrected chi connectivity index (χ3v) is 7.25. The van der Waals surface area contributed by atoms with Crippen LogP contribution in [0.25, 0.3) is 6.08 Å². The molecule has 1 aliphatic heterocycles. The molecule has 3 N–H and O–H groups in total. The average molecular weight is 489 g/mol. The third kappa shape index (κ3) is 5.13.